The van der Waals surface area contributed by atoms with Crippen LogP contribution in [-0.2, 0) is 6.54 Å². The van der Waals surface area contributed by atoms with E-state index in [2.05, 4.69) is 46.6 Å². The highest BCUT2D eigenvalue weighted by Crippen LogP contribution is 2.22. The molecule has 0 unspecified atom stereocenters. The minimum Gasteiger partial charge on any atom is -0.421 e. The molecule has 8 nitrogen and oxygen atoms in total. The summed E-state index contributed by atoms with van der Waals surface area (Å²) in [5.74, 6) is 0.967. The Morgan fingerprint density at radius 3 is 2.52 bits per heavy atom. The van der Waals surface area contributed by atoms with Crippen LogP contribution in [0.15, 0.2) is 47.4 Å². The van der Waals surface area contributed by atoms with E-state index in [-0.39, 0.29) is 17.5 Å². The Balaban J connectivity index is 1.63. The number of aryl methyl sites for hydroxylation is 1. The molecule has 0 spiro atoms. The van der Waals surface area contributed by atoms with Gasteiger partial charge in [0, 0.05) is 37.1 Å². The molecule has 3 aromatic rings. The van der Waals surface area contributed by atoms with Crippen molar-refractivity contribution in [2.75, 3.05) is 5.32 Å². The van der Waals surface area contributed by atoms with Crippen LogP contribution < -0.4 is 10.6 Å². The van der Waals surface area contributed by atoms with Gasteiger partial charge in [-0.2, -0.15) is 0 Å². The van der Waals surface area contributed by atoms with Gasteiger partial charge in [0.15, 0.2) is 0 Å². The van der Waals surface area contributed by atoms with Gasteiger partial charge >= 0.3 is 6.03 Å². The van der Waals surface area contributed by atoms with Crippen molar-refractivity contribution < 1.29 is 9.21 Å². The summed E-state index contributed by atoms with van der Waals surface area (Å²) < 4.78 is 7.36. The van der Waals surface area contributed by atoms with E-state index in [4.69, 9.17) is 4.42 Å². The molecule has 1 aromatic carbocycles. The third-order valence-electron chi connectivity index (χ3n) is 4.22. The van der Waals surface area contributed by atoms with Crippen LogP contribution in [0.3, 0.4) is 0 Å². The van der Waals surface area contributed by atoms with Gasteiger partial charge in [0.1, 0.15) is 0 Å². The normalized spacial score (nSPS) is 12.6. The van der Waals surface area contributed by atoms with Gasteiger partial charge in [-0.05, 0) is 29.7 Å². The maximum atomic E-state index is 12.5. The zero-order chi connectivity index (χ0) is 19.4. The summed E-state index contributed by atoms with van der Waals surface area (Å²) in [6.07, 6.45) is 5.36. The fraction of sp³-hybridized carbons (Fsp3) is 0.368. The molecule has 1 atom stereocenters. The lowest BCUT2D eigenvalue weighted by atomic mass is 9.86. The number of benzene rings is 1. The smallest absolute Gasteiger partial charge is 0.319 e. The van der Waals surface area contributed by atoms with E-state index in [0.29, 0.717) is 24.0 Å². The number of nitrogens with one attached hydrogen (secondary N) is 2. The van der Waals surface area contributed by atoms with Gasteiger partial charge in [-0.1, -0.05) is 20.8 Å². The van der Waals surface area contributed by atoms with Gasteiger partial charge in [0.25, 0.3) is 0 Å². The average Bonchev–Trinajstić information content (AvgIpc) is 3.26. The van der Waals surface area contributed by atoms with Gasteiger partial charge in [-0.3, -0.25) is 0 Å². The molecule has 27 heavy (non-hydrogen) atoms. The van der Waals surface area contributed by atoms with Gasteiger partial charge in [0.05, 0.1) is 12.4 Å². The second-order valence-electron chi connectivity index (χ2n) is 7.48. The molecule has 0 saturated heterocycles. The maximum absolute atomic E-state index is 12.5. The first-order chi connectivity index (χ1) is 12.8. The van der Waals surface area contributed by atoms with Crippen LogP contribution >= 0.6 is 0 Å². The summed E-state index contributed by atoms with van der Waals surface area (Å²) in [5, 5.41) is 13.7. The van der Waals surface area contributed by atoms with Crippen molar-refractivity contribution in [2.24, 2.45) is 5.41 Å². The maximum Gasteiger partial charge on any atom is 0.319 e. The number of anilines is 1. The van der Waals surface area contributed by atoms with Crippen LogP contribution in [0.4, 0.5) is 10.5 Å². The predicted molar refractivity (Wildman–Crippen MR) is 102 cm³/mol. The van der Waals surface area contributed by atoms with Crippen molar-refractivity contribution in [3.8, 4) is 11.5 Å². The van der Waals surface area contributed by atoms with Crippen molar-refractivity contribution in [1.82, 2.24) is 25.1 Å². The van der Waals surface area contributed by atoms with Crippen molar-refractivity contribution in [3.63, 3.8) is 0 Å². The number of imidazole rings is 1. The van der Waals surface area contributed by atoms with Crippen molar-refractivity contribution in [3.05, 3.63) is 48.9 Å². The highest BCUT2D eigenvalue weighted by molar-refractivity contribution is 5.89. The molecular formula is C19H24N6O2. The standard InChI is InChI=1S/C19H24N6O2/c1-13-23-24-17(27-13)14-5-7-15(8-6-14)21-18(26)22-16(19(2,3)4)11-25-10-9-20-12-25/h5-10,12,16H,11H2,1-4H3,(H2,21,22,26)/t16-/m1/s1. The Hall–Kier alpha value is -3.16. The lowest BCUT2D eigenvalue weighted by Crippen LogP contribution is -2.47. The topological polar surface area (TPSA) is 97.9 Å². The molecular weight excluding hydrogens is 344 g/mol. The van der Waals surface area contributed by atoms with Crippen LogP contribution in [0.25, 0.3) is 11.5 Å². The number of carbonyl (C=O) groups is 1. The molecule has 142 valence electrons. The quantitative estimate of drug-likeness (QED) is 0.718. The Bertz CT molecular complexity index is 878. The number of urea groups is 1. The summed E-state index contributed by atoms with van der Waals surface area (Å²) in [7, 11) is 0. The van der Waals surface area contributed by atoms with Crippen LogP contribution in [0.2, 0.25) is 0 Å². The van der Waals surface area contributed by atoms with E-state index in [9.17, 15) is 4.79 Å². The average molecular weight is 368 g/mol. The molecule has 2 N–H and O–H groups in total. The van der Waals surface area contributed by atoms with Gasteiger partial charge in [-0.15, -0.1) is 10.2 Å². The van der Waals surface area contributed by atoms with Gasteiger partial charge in [0.2, 0.25) is 11.8 Å². The minimum absolute atomic E-state index is 0.0626. The molecule has 2 amide bonds. The first-order valence-corrected chi connectivity index (χ1v) is 8.75. The van der Waals surface area contributed by atoms with Gasteiger partial charge in [-0.25, -0.2) is 9.78 Å². The number of nitrogens with zero attached hydrogens (tertiary/aromatic N) is 4. The summed E-state index contributed by atoms with van der Waals surface area (Å²) in [6, 6.07) is 6.95. The summed E-state index contributed by atoms with van der Waals surface area (Å²) in [5.41, 5.74) is 1.37. The summed E-state index contributed by atoms with van der Waals surface area (Å²) in [4.78, 5) is 16.5. The number of hydrogen-bond acceptors (Lipinski definition) is 5. The van der Waals surface area contributed by atoms with Crippen molar-refractivity contribution in [1.29, 1.82) is 0 Å². The first kappa shape index (κ1) is 18.6. The molecule has 2 aromatic heterocycles. The Morgan fingerprint density at radius 1 is 1.22 bits per heavy atom. The van der Waals surface area contributed by atoms with Crippen LogP contribution in [0, 0.1) is 12.3 Å². The van der Waals surface area contributed by atoms with Crippen LogP contribution in [-0.4, -0.2) is 31.8 Å². The van der Waals surface area contributed by atoms with E-state index < -0.39 is 0 Å². The third-order valence-corrected chi connectivity index (χ3v) is 4.22. The molecule has 2 heterocycles. The SMILES string of the molecule is Cc1nnc(-c2ccc(NC(=O)N[C@H](Cn3ccnc3)C(C)(C)C)cc2)o1. The second kappa shape index (κ2) is 7.61. The number of carbonyl (C=O) groups excluding carboxylic acids is 1. The predicted octanol–water partition coefficient (Wildman–Crippen LogP) is 3.48. The summed E-state index contributed by atoms with van der Waals surface area (Å²) in [6.45, 7) is 8.67. The fourth-order valence-electron chi connectivity index (χ4n) is 2.58. The fourth-order valence-corrected chi connectivity index (χ4v) is 2.58. The molecule has 0 fully saturated rings. The van der Waals surface area contributed by atoms with E-state index in [1.165, 1.54) is 0 Å². The lowest BCUT2D eigenvalue weighted by Gasteiger charge is -2.31. The Labute approximate surface area is 158 Å². The molecule has 3 rings (SSSR count). The molecule has 0 radical (unpaired) electrons. The lowest BCUT2D eigenvalue weighted by molar-refractivity contribution is 0.219. The van der Waals surface area contributed by atoms with Gasteiger partial charge < -0.3 is 19.6 Å². The van der Waals surface area contributed by atoms with Crippen molar-refractivity contribution >= 4 is 11.7 Å². The number of rotatable bonds is 5. The highest BCUT2D eigenvalue weighted by Gasteiger charge is 2.26. The molecule has 0 aliphatic heterocycles. The number of aromatic nitrogens is 4. The highest BCUT2D eigenvalue weighted by atomic mass is 16.4. The third kappa shape index (κ3) is 4.93. The minimum atomic E-state index is -0.253. The molecule has 0 aliphatic rings. The number of amides is 2. The van der Waals surface area contributed by atoms with E-state index in [0.717, 1.165) is 5.56 Å². The van der Waals surface area contributed by atoms with Crippen LogP contribution in [0.5, 0.6) is 0 Å². The number of hydrogen-bond donors (Lipinski definition) is 2. The molecule has 0 bridgehead atoms. The van der Waals surface area contributed by atoms with Crippen LogP contribution in [0.1, 0.15) is 26.7 Å². The zero-order valence-electron chi connectivity index (χ0n) is 15.9. The van der Waals surface area contributed by atoms with E-state index in [1.807, 2.05) is 22.9 Å². The summed E-state index contributed by atoms with van der Waals surface area (Å²) >= 11 is 0. The Morgan fingerprint density at radius 2 is 1.96 bits per heavy atom. The first-order valence-electron chi connectivity index (χ1n) is 8.75. The second-order valence-corrected chi connectivity index (χ2v) is 7.48. The zero-order valence-corrected chi connectivity index (χ0v) is 15.9. The molecule has 8 heteroatoms. The van der Waals surface area contributed by atoms with E-state index in [1.54, 1.807) is 31.6 Å². The molecule has 0 saturated carbocycles. The Kier molecular flexibility index (Phi) is 5.25. The largest absolute Gasteiger partial charge is 0.421 e. The molecule has 0 aliphatic carbocycles. The van der Waals surface area contributed by atoms with E-state index >= 15 is 0 Å². The monoisotopic (exact) mass is 368 g/mol. The van der Waals surface area contributed by atoms with Crippen molar-refractivity contribution in [2.45, 2.75) is 40.3 Å².